The monoisotopic (exact) mass is 295 g/mol. The van der Waals surface area contributed by atoms with Crippen molar-refractivity contribution >= 4 is 5.90 Å². The van der Waals surface area contributed by atoms with Crippen molar-refractivity contribution in [2.24, 2.45) is 10.9 Å². The molecule has 1 aliphatic rings. The first kappa shape index (κ1) is 18.5. The van der Waals surface area contributed by atoms with Crippen LogP contribution in [0.2, 0.25) is 0 Å². The molecule has 0 saturated carbocycles. The minimum Gasteiger partial charge on any atom is -0.478 e. The molecule has 1 atom stereocenters. The van der Waals surface area contributed by atoms with Crippen LogP contribution in [0.3, 0.4) is 0 Å². The molecule has 0 aliphatic carbocycles. The van der Waals surface area contributed by atoms with Gasteiger partial charge in [-0.3, -0.25) is 0 Å². The van der Waals surface area contributed by atoms with Crippen LogP contribution < -0.4 is 0 Å². The van der Waals surface area contributed by atoms with E-state index in [0.29, 0.717) is 5.92 Å². The molecular weight excluding hydrogens is 258 g/mol. The van der Waals surface area contributed by atoms with Crippen LogP contribution >= 0.6 is 0 Å². The number of ether oxygens (including phenoxy) is 1. The van der Waals surface area contributed by atoms with E-state index >= 15 is 0 Å². The molecule has 0 saturated heterocycles. The molecule has 124 valence electrons. The highest BCUT2D eigenvalue weighted by Gasteiger charge is 2.34. The van der Waals surface area contributed by atoms with Crippen LogP contribution in [0.4, 0.5) is 0 Å². The number of hydrogen-bond acceptors (Lipinski definition) is 2. The van der Waals surface area contributed by atoms with Gasteiger partial charge in [0.1, 0.15) is 6.61 Å². The van der Waals surface area contributed by atoms with Crippen LogP contribution in [0.15, 0.2) is 4.99 Å². The fraction of sp³-hybridized carbons (Fsp3) is 0.947. The Labute approximate surface area is 132 Å². The Balaban J connectivity index is 1.96. The van der Waals surface area contributed by atoms with Gasteiger partial charge in [0, 0.05) is 6.42 Å². The summed E-state index contributed by atoms with van der Waals surface area (Å²) in [5.74, 6) is 1.56. The predicted octanol–water partition coefficient (Wildman–Crippen LogP) is 6.14. The van der Waals surface area contributed by atoms with Crippen LogP contribution in [-0.2, 0) is 4.74 Å². The average molecular weight is 296 g/mol. The van der Waals surface area contributed by atoms with Crippen molar-refractivity contribution in [1.29, 1.82) is 0 Å². The van der Waals surface area contributed by atoms with Gasteiger partial charge in [-0.1, -0.05) is 78.6 Å². The van der Waals surface area contributed by atoms with Crippen LogP contribution in [0.1, 0.15) is 98.3 Å². The molecule has 0 bridgehead atoms. The third-order valence-corrected chi connectivity index (χ3v) is 4.90. The van der Waals surface area contributed by atoms with E-state index in [0.717, 1.165) is 18.9 Å². The summed E-state index contributed by atoms with van der Waals surface area (Å²) >= 11 is 0. The van der Waals surface area contributed by atoms with Gasteiger partial charge in [-0.15, -0.1) is 0 Å². The van der Waals surface area contributed by atoms with Crippen molar-refractivity contribution in [3.05, 3.63) is 0 Å². The van der Waals surface area contributed by atoms with Gasteiger partial charge in [0.25, 0.3) is 0 Å². The van der Waals surface area contributed by atoms with E-state index in [-0.39, 0.29) is 5.54 Å². The molecule has 1 rings (SSSR count). The zero-order valence-corrected chi connectivity index (χ0v) is 14.9. The van der Waals surface area contributed by atoms with Gasteiger partial charge >= 0.3 is 0 Å². The zero-order valence-electron chi connectivity index (χ0n) is 14.9. The van der Waals surface area contributed by atoms with Gasteiger partial charge in [0.2, 0.25) is 0 Å². The van der Waals surface area contributed by atoms with E-state index < -0.39 is 0 Å². The van der Waals surface area contributed by atoms with Crippen LogP contribution in [0.5, 0.6) is 0 Å². The van der Waals surface area contributed by atoms with Crippen molar-refractivity contribution in [1.82, 2.24) is 0 Å². The van der Waals surface area contributed by atoms with E-state index in [2.05, 4.69) is 27.7 Å². The van der Waals surface area contributed by atoms with Gasteiger partial charge in [-0.25, -0.2) is 4.99 Å². The molecule has 1 unspecified atom stereocenters. The first-order valence-electron chi connectivity index (χ1n) is 9.30. The maximum atomic E-state index is 5.76. The van der Waals surface area contributed by atoms with Crippen molar-refractivity contribution < 1.29 is 4.74 Å². The Morgan fingerprint density at radius 2 is 1.48 bits per heavy atom. The largest absolute Gasteiger partial charge is 0.478 e. The van der Waals surface area contributed by atoms with Crippen molar-refractivity contribution in [3.63, 3.8) is 0 Å². The lowest BCUT2D eigenvalue weighted by atomic mass is 9.91. The smallest absolute Gasteiger partial charge is 0.183 e. The Morgan fingerprint density at radius 3 is 1.95 bits per heavy atom. The Hall–Kier alpha value is -0.530. The topological polar surface area (TPSA) is 21.6 Å². The maximum absolute atomic E-state index is 5.76. The summed E-state index contributed by atoms with van der Waals surface area (Å²) in [6, 6.07) is 0. The quantitative estimate of drug-likeness (QED) is 0.396. The Kier molecular flexibility index (Phi) is 9.03. The van der Waals surface area contributed by atoms with Crippen molar-refractivity contribution in [3.8, 4) is 0 Å². The fourth-order valence-electron chi connectivity index (χ4n) is 2.77. The Morgan fingerprint density at radius 1 is 0.952 bits per heavy atom. The molecule has 0 fully saturated rings. The van der Waals surface area contributed by atoms with Crippen LogP contribution in [-0.4, -0.2) is 18.0 Å². The molecular formula is C19H37NO. The minimum atomic E-state index is 0.0216. The van der Waals surface area contributed by atoms with Crippen molar-refractivity contribution in [2.45, 2.75) is 104 Å². The maximum Gasteiger partial charge on any atom is 0.183 e. The second kappa shape index (κ2) is 10.2. The lowest BCUT2D eigenvalue weighted by Gasteiger charge is -2.22. The molecule has 0 spiro atoms. The molecule has 2 nitrogen and oxygen atoms in total. The molecule has 0 aromatic heterocycles. The predicted molar refractivity (Wildman–Crippen MR) is 93.1 cm³/mol. The molecule has 0 radical (unpaired) electrons. The summed E-state index contributed by atoms with van der Waals surface area (Å²) in [6.45, 7) is 9.73. The highest BCUT2D eigenvalue weighted by atomic mass is 16.5. The first-order valence-corrected chi connectivity index (χ1v) is 9.30. The second-order valence-corrected chi connectivity index (χ2v) is 7.24. The molecule has 2 heteroatoms. The highest BCUT2D eigenvalue weighted by molar-refractivity contribution is 5.78. The number of rotatable bonds is 12. The molecule has 21 heavy (non-hydrogen) atoms. The third-order valence-electron chi connectivity index (χ3n) is 4.90. The average Bonchev–Trinajstić information content (AvgIpc) is 2.84. The van der Waals surface area contributed by atoms with Crippen LogP contribution in [0.25, 0.3) is 0 Å². The van der Waals surface area contributed by atoms with E-state index in [1.165, 1.54) is 64.2 Å². The Bertz CT molecular complexity index is 298. The van der Waals surface area contributed by atoms with Gasteiger partial charge in [-0.05, 0) is 19.3 Å². The van der Waals surface area contributed by atoms with E-state index in [9.17, 15) is 0 Å². The number of aliphatic imine (C=N–C) groups is 1. The summed E-state index contributed by atoms with van der Waals surface area (Å²) in [4.78, 5) is 4.79. The molecule has 1 aliphatic heterocycles. The zero-order chi connectivity index (χ0) is 15.6. The summed E-state index contributed by atoms with van der Waals surface area (Å²) in [5.41, 5.74) is 0.0216. The van der Waals surface area contributed by atoms with E-state index in [4.69, 9.17) is 9.73 Å². The molecule has 1 heterocycles. The number of nitrogens with zero attached hydrogens (tertiary/aromatic N) is 1. The fourth-order valence-corrected chi connectivity index (χ4v) is 2.77. The second-order valence-electron chi connectivity index (χ2n) is 7.24. The van der Waals surface area contributed by atoms with Gasteiger partial charge in [0.15, 0.2) is 5.90 Å². The van der Waals surface area contributed by atoms with Gasteiger partial charge in [0.05, 0.1) is 5.54 Å². The summed E-state index contributed by atoms with van der Waals surface area (Å²) in [5, 5.41) is 0. The van der Waals surface area contributed by atoms with Crippen LogP contribution in [0, 0.1) is 5.92 Å². The minimum absolute atomic E-state index is 0.0216. The van der Waals surface area contributed by atoms with Crippen molar-refractivity contribution in [2.75, 3.05) is 6.61 Å². The lowest BCUT2D eigenvalue weighted by molar-refractivity contribution is 0.221. The SMILES string of the molecule is CCCCCCCCCCCCC1=NC(C)(C(C)C)CO1. The molecule has 0 amide bonds. The lowest BCUT2D eigenvalue weighted by Crippen LogP contribution is -2.30. The number of unbranched alkanes of at least 4 members (excludes halogenated alkanes) is 9. The third kappa shape index (κ3) is 7.33. The number of hydrogen-bond donors (Lipinski definition) is 0. The first-order chi connectivity index (χ1) is 10.1. The van der Waals surface area contributed by atoms with E-state index in [1.54, 1.807) is 0 Å². The molecule has 0 aromatic rings. The highest BCUT2D eigenvalue weighted by Crippen LogP contribution is 2.28. The standard InChI is InChI=1S/C19H37NO/c1-5-6-7-8-9-10-11-12-13-14-15-18-20-19(4,16-21-18)17(2)3/h17H,5-16H2,1-4H3. The summed E-state index contributed by atoms with van der Waals surface area (Å²) < 4.78 is 5.76. The van der Waals surface area contributed by atoms with Gasteiger partial charge in [-0.2, -0.15) is 0 Å². The van der Waals surface area contributed by atoms with E-state index in [1.807, 2.05) is 0 Å². The normalized spacial score (nSPS) is 21.7. The molecule has 0 aromatic carbocycles. The summed E-state index contributed by atoms with van der Waals surface area (Å²) in [6.07, 6.45) is 14.9. The van der Waals surface area contributed by atoms with Gasteiger partial charge < -0.3 is 4.74 Å². The summed E-state index contributed by atoms with van der Waals surface area (Å²) in [7, 11) is 0. The molecule has 0 N–H and O–H groups in total.